The second kappa shape index (κ2) is 8.48. The van der Waals surface area contributed by atoms with Crippen LogP contribution in [-0.2, 0) is 11.8 Å². The molecule has 0 radical (unpaired) electrons. The maximum atomic E-state index is 14.1. The van der Waals surface area contributed by atoms with Crippen molar-refractivity contribution in [2.75, 3.05) is 25.0 Å². The van der Waals surface area contributed by atoms with Gasteiger partial charge in [0.2, 0.25) is 5.91 Å². The number of pyridine rings is 1. The molecule has 1 saturated heterocycles. The zero-order valence-corrected chi connectivity index (χ0v) is 17.8. The number of nitrogens with one attached hydrogen (secondary N) is 1. The zero-order valence-electron chi connectivity index (χ0n) is 17.8. The molecule has 1 aliphatic heterocycles. The van der Waals surface area contributed by atoms with E-state index in [0.29, 0.717) is 47.1 Å². The van der Waals surface area contributed by atoms with Gasteiger partial charge < -0.3 is 15.2 Å². The summed E-state index contributed by atoms with van der Waals surface area (Å²) in [4.78, 5) is 18.8. The lowest BCUT2D eigenvalue weighted by Crippen LogP contribution is -2.42. The first kappa shape index (κ1) is 20.8. The molecule has 4 atom stereocenters. The normalized spacial score (nSPS) is 25.6. The van der Waals surface area contributed by atoms with Crippen LogP contribution < -0.4 is 10.1 Å². The Morgan fingerprint density at radius 3 is 2.84 bits per heavy atom. The number of carbonyl (C=O) groups excluding carboxylic acids is 1. The Labute approximate surface area is 185 Å². The van der Waals surface area contributed by atoms with Crippen LogP contribution in [0, 0.1) is 17.7 Å². The van der Waals surface area contributed by atoms with E-state index in [9.17, 15) is 14.3 Å². The third kappa shape index (κ3) is 4.18. The lowest BCUT2D eigenvalue weighted by atomic mass is 9.78. The monoisotopic (exact) mass is 439 g/mol. The highest BCUT2D eigenvalue weighted by Gasteiger charge is 2.43. The van der Waals surface area contributed by atoms with Gasteiger partial charge in [-0.15, -0.1) is 0 Å². The number of hydrogen-bond donors (Lipinski definition) is 2. The summed E-state index contributed by atoms with van der Waals surface area (Å²) in [5.41, 5.74) is 0.459. The molecular weight excluding hydrogens is 413 g/mol. The minimum Gasteiger partial charge on any atom is -0.485 e. The van der Waals surface area contributed by atoms with Crippen LogP contribution in [0.5, 0.6) is 5.75 Å². The maximum Gasteiger partial charge on any atom is 0.239 e. The minimum absolute atomic E-state index is 0.0976. The van der Waals surface area contributed by atoms with Crippen molar-refractivity contribution in [3.8, 4) is 5.75 Å². The van der Waals surface area contributed by atoms with E-state index in [1.54, 1.807) is 48.4 Å². The number of aromatic nitrogens is 3. The summed E-state index contributed by atoms with van der Waals surface area (Å²) in [5, 5.41) is 18.1. The number of amides is 1. The zero-order chi connectivity index (χ0) is 22.2. The predicted octanol–water partition coefficient (Wildman–Crippen LogP) is 2.20. The summed E-state index contributed by atoms with van der Waals surface area (Å²) in [5.74, 6) is 1.22. The molecule has 3 heterocycles. The molecule has 2 N–H and O–H groups in total. The molecule has 1 aliphatic carbocycles. The molecule has 1 amide bonds. The van der Waals surface area contributed by atoms with Gasteiger partial charge in [0.15, 0.2) is 5.82 Å². The van der Waals surface area contributed by atoms with Crippen molar-refractivity contribution < 1.29 is 19.0 Å². The molecule has 32 heavy (non-hydrogen) atoms. The van der Waals surface area contributed by atoms with Crippen LogP contribution in [0.1, 0.15) is 12.8 Å². The van der Waals surface area contributed by atoms with E-state index in [2.05, 4.69) is 20.3 Å². The fraction of sp³-hybridized carbons (Fsp3) is 0.435. The van der Waals surface area contributed by atoms with Gasteiger partial charge in [0.25, 0.3) is 0 Å². The van der Waals surface area contributed by atoms with Gasteiger partial charge in [-0.3, -0.25) is 19.4 Å². The average molecular weight is 439 g/mol. The number of fused-ring (bicyclic) bond motifs is 2. The highest BCUT2D eigenvalue weighted by molar-refractivity contribution is 5.91. The van der Waals surface area contributed by atoms with E-state index in [-0.39, 0.29) is 18.3 Å². The van der Waals surface area contributed by atoms with Crippen LogP contribution in [0.3, 0.4) is 0 Å². The molecule has 2 fully saturated rings. The third-order valence-corrected chi connectivity index (χ3v) is 6.47. The lowest BCUT2D eigenvalue weighted by molar-refractivity contribution is -0.117. The molecule has 3 aromatic rings. The topological polar surface area (TPSA) is 92.5 Å². The van der Waals surface area contributed by atoms with Gasteiger partial charge in [-0.2, -0.15) is 5.10 Å². The Morgan fingerprint density at radius 2 is 2.06 bits per heavy atom. The highest BCUT2D eigenvalue weighted by atomic mass is 19.1. The van der Waals surface area contributed by atoms with Gasteiger partial charge >= 0.3 is 0 Å². The van der Waals surface area contributed by atoms with Crippen molar-refractivity contribution in [3.63, 3.8) is 0 Å². The quantitative estimate of drug-likeness (QED) is 0.633. The van der Waals surface area contributed by atoms with Crippen LogP contribution in [-0.4, -0.2) is 62.5 Å². The number of halogens is 1. The maximum absolute atomic E-state index is 14.1. The molecular formula is C23H26FN5O3. The molecule has 0 spiro atoms. The number of aryl methyl sites for hydroxylation is 1. The number of benzene rings is 1. The Hall–Kier alpha value is -3.04. The van der Waals surface area contributed by atoms with Crippen molar-refractivity contribution in [2.45, 2.75) is 25.0 Å². The molecule has 1 aromatic carbocycles. The summed E-state index contributed by atoms with van der Waals surface area (Å²) in [6.45, 7) is 1.83. The Balaban J connectivity index is 1.22. The summed E-state index contributed by atoms with van der Waals surface area (Å²) in [6, 6.07) is 8.06. The van der Waals surface area contributed by atoms with Gasteiger partial charge in [-0.25, -0.2) is 4.39 Å². The standard InChI is InChI=1S/C23H26FN5O3/c1-28-8-6-21(27-28)26-22(31)13-29-11-14-9-18(30)20(10-15(14)12-29)32-19-5-4-17(24)16-3-2-7-25-23(16)19/h2-8,14-15,18,20,30H,9-13H2,1H3,(H,26,27,31)/t14-,15+,18+,20+/m0/s1. The van der Waals surface area contributed by atoms with Crippen molar-refractivity contribution >= 4 is 22.6 Å². The third-order valence-electron chi connectivity index (χ3n) is 6.47. The Morgan fingerprint density at radius 1 is 1.25 bits per heavy atom. The number of ether oxygens (including phenoxy) is 1. The Kier molecular flexibility index (Phi) is 5.52. The summed E-state index contributed by atoms with van der Waals surface area (Å²) < 4.78 is 21.9. The summed E-state index contributed by atoms with van der Waals surface area (Å²) in [6.07, 6.45) is 3.65. The van der Waals surface area contributed by atoms with Gasteiger partial charge in [-0.05, 0) is 48.9 Å². The summed E-state index contributed by atoms with van der Waals surface area (Å²) >= 11 is 0. The van der Waals surface area contributed by atoms with Crippen LogP contribution in [0.2, 0.25) is 0 Å². The molecule has 0 unspecified atom stereocenters. The summed E-state index contributed by atoms with van der Waals surface area (Å²) in [7, 11) is 1.80. The van der Waals surface area contributed by atoms with Gasteiger partial charge in [0, 0.05) is 44.0 Å². The van der Waals surface area contributed by atoms with E-state index in [1.807, 2.05) is 0 Å². The molecule has 2 aliphatic rings. The van der Waals surface area contributed by atoms with Gasteiger partial charge in [0.05, 0.1) is 12.6 Å². The number of aliphatic hydroxyl groups excluding tert-OH is 1. The lowest BCUT2D eigenvalue weighted by Gasteiger charge is -2.35. The van der Waals surface area contributed by atoms with E-state index in [1.165, 1.54) is 6.07 Å². The Bertz CT molecular complexity index is 1140. The second-order valence-electron chi connectivity index (χ2n) is 8.78. The number of nitrogens with zero attached hydrogens (tertiary/aromatic N) is 4. The number of anilines is 1. The van der Waals surface area contributed by atoms with Crippen LogP contribution in [0.25, 0.3) is 10.9 Å². The number of hydrogen-bond acceptors (Lipinski definition) is 6. The van der Waals surface area contributed by atoms with Crippen LogP contribution in [0.4, 0.5) is 10.2 Å². The fourth-order valence-corrected chi connectivity index (χ4v) is 4.98. The molecule has 0 bridgehead atoms. The molecule has 8 nitrogen and oxygen atoms in total. The molecule has 9 heteroatoms. The second-order valence-corrected chi connectivity index (χ2v) is 8.78. The fourth-order valence-electron chi connectivity index (χ4n) is 4.98. The first-order valence-electron chi connectivity index (χ1n) is 10.9. The number of carbonyl (C=O) groups is 1. The van der Waals surface area contributed by atoms with E-state index in [0.717, 1.165) is 13.1 Å². The molecule has 168 valence electrons. The highest BCUT2D eigenvalue weighted by Crippen LogP contribution is 2.38. The number of rotatable bonds is 5. The largest absolute Gasteiger partial charge is 0.485 e. The van der Waals surface area contributed by atoms with E-state index in [4.69, 9.17) is 4.74 Å². The van der Waals surface area contributed by atoms with Crippen LogP contribution in [0.15, 0.2) is 42.7 Å². The molecule has 1 saturated carbocycles. The van der Waals surface area contributed by atoms with E-state index < -0.39 is 12.2 Å². The SMILES string of the molecule is Cn1ccc(NC(=O)CN2C[C@H]3C[C@@H](Oc4ccc(F)c5cccnc45)[C@H](O)C[C@H]3C2)n1. The van der Waals surface area contributed by atoms with Gasteiger partial charge in [-0.1, -0.05) is 0 Å². The van der Waals surface area contributed by atoms with Gasteiger partial charge in [0.1, 0.15) is 23.2 Å². The number of likely N-dealkylation sites (tertiary alicyclic amines) is 1. The molecule has 2 aromatic heterocycles. The van der Waals surface area contributed by atoms with Crippen LogP contribution >= 0.6 is 0 Å². The minimum atomic E-state index is -0.623. The van der Waals surface area contributed by atoms with Crippen molar-refractivity contribution in [1.29, 1.82) is 0 Å². The molecule has 5 rings (SSSR count). The first-order chi connectivity index (χ1) is 15.5. The predicted molar refractivity (Wildman–Crippen MR) is 117 cm³/mol. The van der Waals surface area contributed by atoms with Crippen molar-refractivity contribution in [2.24, 2.45) is 18.9 Å². The van der Waals surface area contributed by atoms with Crippen molar-refractivity contribution in [1.82, 2.24) is 19.7 Å². The number of aliphatic hydroxyl groups is 1. The smallest absolute Gasteiger partial charge is 0.239 e. The first-order valence-corrected chi connectivity index (χ1v) is 10.9. The van der Waals surface area contributed by atoms with E-state index >= 15 is 0 Å². The van der Waals surface area contributed by atoms with Crippen molar-refractivity contribution in [3.05, 3.63) is 48.5 Å². The average Bonchev–Trinajstić information content (AvgIpc) is 3.35.